The van der Waals surface area contributed by atoms with Crippen LogP contribution in [-0.2, 0) is 6.54 Å². The van der Waals surface area contributed by atoms with Crippen LogP contribution in [0.2, 0.25) is 0 Å². The summed E-state index contributed by atoms with van der Waals surface area (Å²) in [5.74, 6) is 0.309. The molecule has 0 unspecified atom stereocenters. The Labute approximate surface area is 141 Å². The van der Waals surface area contributed by atoms with Crippen molar-refractivity contribution in [1.29, 1.82) is 0 Å². The molecule has 3 rings (SSSR count). The van der Waals surface area contributed by atoms with Crippen LogP contribution in [0.15, 0.2) is 30.3 Å². The third-order valence-corrected chi connectivity index (χ3v) is 4.37. The Hall–Kier alpha value is -2.41. The molecule has 2 aromatic rings. The molecule has 24 heavy (non-hydrogen) atoms. The number of rotatable bonds is 5. The highest BCUT2D eigenvalue weighted by Crippen LogP contribution is 2.19. The van der Waals surface area contributed by atoms with E-state index in [0.29, 0.717) is 31.2 Å². The molecule has 1 aliphatic rings. The third-order valence-electron chi connectivity index (χ3n) is 4.37. The lowest BCUT2D eigenvalue weighted by Crippen LogP contribution is -2.48. The fourth-order valence-corrected chi connectivity index (χ4v) is 2.92. The summed E-state index contributed by atoms with van der Waals surface area (Å²) < 4.78 is 7.05. The minimum Gasteiger partial charge on any atom is -0.479 e. The smallest absolute Gasteiger partial charge is 0.280 e. The van der Waals surface area contributed by atoms with E-state index in [1.807, 2.05) is 35.2 Å². The normalized spacial score (nSPS) is 15.5. The SMILES string of the molecule is CCN1CCN(C(=O)c2nnn(Cc3ccccc3)c2OC)CC1. The van der Waals surface area contributed by atoms with Crippen LogP contribution < -0.4 is 4.74 Å². The molecule has 128 valence electrons. The van der Waals surface area contributed by atoms with Gasteiger partial charge in [0, 0.05) is 26.2 Å². The van der Waals surface area contributed by atoms with Gasteiger partial charge in [-0.15, -0.1) is 5.10 Å². The number of piperazine rings is 1. The van der Waals surface area contributed by atoms with E-state index in [0.717, 1.165) is 25.2 Å². The lowest BCUT2D eigenvalue weighted by atomic mass is 10.2. The molecule has 1 aliphatic heterocycles. The Bertz CT molecular complexity index is 678. The summed E-state index contributed by atoms with van der Waals surface area (Å²) >= 11 is 0. The fraction of sp³-hybridized carbons (Fsp3) is 0.471. The van der Waals surface area contributed by atoms with Crippen molar-refractivity contribution in [3.63, 3.8) is 0 Å². The average Bonchev–Trinajstić information content (AvgIpc) is 3.04. The van der Waals surface area contributed by atoms with E-state index >= 15 is 0 Å². The maximum absolute atomic E-state index is 12.8. The molecule has 1 aromatic heterocycles. The summed E-state index contributed by atoms with van der Waals surface area (Å²) in [4.78, 5) is 16.9. The fourth-order valence-electron chi connectivity index (χ4n) is 2.92. The Balaban J connectivity index is 1.75. The number of likely N-dealkylation sites (N-methyl/N-ethyl adjacent to an activating group) is 1. The molecule has 0 atom stereocenters. The minimum absolute atomic E-state index is 0.109. The summed E-state index contributed by atoms with van der Waals surface area (Å²) in [7, 11) is 1.55. The van der Waals surface area contributed by atoms with E-state index in [4.69, 9.17) is 4.74 Å². The van der Waals surface area contributed by atoms with Gasteiger partial charge >= 0.3 is 0 Å². The topological polar surface area (TPSA) is 63.5 Å². The van der Waals surface area contributed by atoms with E-state index in [1.165, 1.54) is 0 Å². The Morgan fingerprint density at radius 2 is 1.88 bits per heavy atom. The molecule has 1 saturated heterocycles. The first kappa shape index (κ1) is 16.4. The number of methoxy groups -OCH3 is 1. The highest BCUT2D eigenvalue weighted by Gasteiger charge is 2.28. The van der Waals surface area contributed by atoms with Crippen molar-refractivity contribution in [1.82, 2.24) is 24.8 Å². The van der Waals surface area contributed by atoms with Crippen molar-refractivity contribution >= 4 is 5.91 Å². The summed E-state index contributed by atoms with van der Waals surface area (Å²) in [6.07, 6.45) is 0. The third kappa shape index (κ3) is 3.41. The van der Waals surface area contributed by atoms with Crippen molar-refractivity contribution < 1.29 is 9.53 Å². The van der Waals surface area contributed by atoms with Gasteiger partial charge in [0.15, 0.2) is 0 Å². The molecule has 0 bridgehead atoms. The van der Waals surface area contributed by atoms with E-state index in [-0.39, 0.29) is 5.91 Å². The van der Waals surface area contributed by atoms with Crippen molar-refractivity contribution in [3.05, 3.63) is 41.6 Å². The van der Waals surface area contributed by atoms with Gasteiger partial charge in [-0.1, -0.05) is 42.5 Å². The lowest BCUT2D eigenvalue weighted by molar-refractivity contribution is 0.0634. The number of hydrogen-bond donors (Lipinski definition) is 0. The monoisotopic (exact) mass is 329 g/mol. The summed E-state index contributed by atoms with van der Waals surface area (Å²) in [6.45, 7) is 6.87. The van der Waals surface area contributed by atoms with Gasteiger partial charge < -0.3 is 14.5 Å². The molecule has 0 N–H and O–H groups in total. The summed E-state index contributed by atoms with van der Waals surface area (Å²) in [6, 6.07) is 9.92. The van der Waals surface area contributed by atoms with Crippen LogP contribution in [0.25, 0.3) is 0 Å². The number of aromatic nitrogens is 3. The predicted octanol–water partition coefficient (Wildman–Crippen LogP) is 1.11. The second-order valence-electron chi connectivity index (χ2n) is 5.82. The maximum Gasteiger partial charge on any atom is 0.280 e. The van der Waals surface area contributed by atoms with Gasteiger partial charge in [0.05, 0.1) is 13.7 Å². The Morgan fingerprint density at radius 1 is 1.17 bits per heavy atom. The Morgan fingerprint density at radius 3 is 2.50 bits per heavy atom. The number of benzene rings is 1. The molecular weight excluding hydrogens is 306 g/mol. The van der Waals surface area contributed by atoms with E-state index < -0.39 is 0 Å². The van der Waals surface area contributed by atoms with E-state index in [1.54, 1.807) is 11.8 Å². The van der Waals surface area contributed by atoms with Gasteiger partial charge in [-0.2, -0.15) is 0 Å². The molecule has 0 saturated carbocycles. The highest BCUT2D eigenvalue weighted by molar-refractivity contribution is 5.94. The van der Waals surface area contributed by atoms with Gasteiger partial charge in [-0.05, 0) is 12.1 Å². The molecule has 7 heteroatoms. The Kier molecular flexibility index (Phi) is 5.10. The van der Waals surface area contributed by atoms with Crippen LogP contribution in [0.4, 0.5) is 0 Å². The zero-order valence-electron chi connectivity index (χ0n) is 14.2. The van der Waals surface area contributed by atoms with Crippen LogP contribution in [-0.4, -0.2) is 70.5 Å². The zero-order chi connectivity index (χ0) is 16.9. The highest BCUT2D eigenvalue weighted by atomic mass is 16.5. The van der Waals surface area contributed by atoms with Crippen molar-refractivity contribution in [2.45, 2.75) is 13.5 Å². The maximum atomic E-state index is 12.8. The van der Waals surface area contributed by atoms with Gasteiger partial charge in [-0.25, -0.2) is 4.68 Å². The van der Waals surface area contributed by atoms with Crippen molar-refractivity contribution in [2.75, 3.05) is 39.8 Å². The lowest BCUT2D eigenvalue weighted by Gasteiger charge is -2.33. The van der Waals surface area contributed by atoms with E-state index in [2.05, 4.69) is 22.1 Å². The molecule has 7 nitrogen and oxygen atoms in total. The number of amides is 1. The predicted molar refractivity (Wildman–Crippen MR) is 90.1 cm³/mol. The van der Waals surface area contributed by atoms with Gasteiger partial charge in [0.1, 0.15) is 0 Å². The molecule has 1 aromatic carbocycles. The largest absolute Gasteiger partial charge is 0.479 e. The molecule has 0 spiro atoms. The number of ether oxygens (including phenoxy) is 1. The van der Waals surface area contributed by atoms with Crippen molar-refractivity contribution in [2.24, 2.45) is 0 Å². The molecular formula is C17H23N5O2. The van der Waals surface area contributed by atoms with Gasteiger partial charge in [0.2, 0.25) is 11.6 Å². The minimum atomic E-state index is -0.109. The second kappa shape index (κ2) is 7.44. The van der Waals surface area contributed by atoms with Crippen LogP contribution in [0.3, 0.4) is 0 Å². The first-order chi connectivity index (χ1) is 11.7. The molecule has 0 aliphatic carbocycles. The summed E-state index contributed by atoms with van der Waals surface area (Å²) in [5.41, 5.74) is 1.37. The molecule has 1 fully saturated rings. The number of hydrogen-bond acceptors (Lipinski definition) is 5. The van der Waals surface area contributed by atoms with E-state index in [9.17, 15) is 4.79 Å². The van der Waals surface area contributed by atoms with Gasteiger partial charge in [0.25, 0.3) is 5.91 Å². The quantitative estimate of drug-likeness (QED) is 0.822. The molecule has 0 radical (unpaired) electrons. The average molecular weight is 329 g/mol. The van der Waals surface area contributed by atoms with Gasteiger partial charge in [-0.3, -0.25) is 4.79 Å². The number of nitrogens with zero attached hydrogens (tertiary/aromatic N) is 5. The first-order valence-electron chi connectivity index (χ1n) is 8.26. The second-order valence-corrected chi connectivity index (χ2v) is 5.82. The molecule has 1 amide bonds. The number of carbonyl (C=O) groups excluding carboxylic acids is 1. The summed E-state index contributed by atoms with van der Waals surface area (Å²) in [5, 5.41) is 8.19. The van der Waals surface area contributed by atoms with Crippen LogP contribution >= 0.6 is 0 Å². The standard InChI is InChI=1S/C17H23N5O2/c1-3-20-9-11-21(12-10-20)16(23)15-17(24-2)22(19-18-15)13-14-7-5-4-6-8-14/h4-8H,3,9-13H2,1-2H3. The van der Waals surface area contributed by atoms with Crippen LogP contribution in [0.5, 0.6) is 5.88 Å². The number of carbonyl (C=O) groups is 1. The van der Waals surface area contributed by atoms with Crippen LogP contribution in [0.1, 0.15) is 23.0 Å². The molecule has 2 heterocycles. The van der Waals surface area contributed by atoms with Crippen molar-refractivity contribution in [3.8, 4) is 5.88 Å². The van der Waals surface area contributed by atoms with Crippen LogP contribution in [0, 0.1) is 0 Å². The zero-order valence-corrected chi connectivity index (χ0v) is 14.2. The first-order valence-corrected chi connectivity index (χ1v) is 8.26.